The zero-order valence-electron chi connectivity index (χ0n) is 12.6. The Labute approximate surface area is 125 Å². The van der Waals surface area contributed by atoms with Gasteiger partial charge in [0.15, 0.2) is 0 Å². The topological polar surface area (TPSA) is 83.6 Å². The Hall–Kier alpha value is -0.750. The largest absolute Gasteiger partial charge is 0.480 e. The van der Waals surface area contributed by atoms with E-state index in [0.717, 1.165) is 25.8 Å². The number of piperidine rings is 1. The van der Waals surface area contributed by atoms with E-state index in [1.165, 1.54) is 18.2 Å². The average molecular weight is 302 g/mol. The van der Waals surface area contributed by atoms with Crippen LogP contribution in [0.2, 0.25) is 0 Å². The van der Waals surface area contributed by atoms with Gasteiger partial charge in [0.05, 0.1) is 5.75 Å². The fraction of sp³-hybridized carbons (Fsp3) is 0.857. The second-order valence-electron chi connectivity index (χ2n) is 5.85. The number of carboxylic acid groups (broad SMARTS) is 1. The number of amides is 1. The van der Waals surface area contributed by atoms with Gasteiger partial charge in [-0.2, -0.15) is 0 Å². The van der Waals surface area contributed by atoms with Crippen LogP contribution in [-0.2, 0) is 9.59 Å². The Balaban J connectivity index is 2.55. The van der Waals surface area contributed by atoms with Crippen LogP contribution >= 0.6 is 11.8 Å². The van der Waals surface area contributed by atoms with Crippen molar-refractivity contribution < 1.29 is 14.7 Å². The summed E-state index contributed by atoms with van der Waals surface area (Å²) in [6.45, 7) is 6.48. The molecule has 0 spiro atoms. The molecule has 2 atom stereocenters. The molecule has 0 bridgehead atoms. The molecular formula is C14H26N2O3S. The first-order valence-electron chi connectivity index (χ1n) is 7.21. The highest BCUT2D eigenvalue weighted by molar-refractivity contribution is 8.01. The smallest absolute Gasteiger partial charge is 0.321 e. The zero-order chi connectivity index (χ0) is 15.3. The molecule has 0 aliphatic carbocycles. The third-order valence-electron chi connectivity index (χ3n) is 4.00. The van der Waals surface area contributed by atoms with E-state index < -0.39 is 16.8 Å². The molecule has 0 aromatic heterocycles. The molecule has 6 heteroatoms. The van der Waals surface area contributed by atoms with E-state index in [2.05, 4.69) is 6.92 Å². The predicted molar refractivity (Wildman–Crippen MR) is 81.8 cm³/mol. The molecule has 1 aliphatic heterocycles. The number of nitrogens with two attached hydrogens (primary N) is 1. The SMILES string of the molecule is CCC1CCCCN1C(=O)CSC(C)(C)[C@H](N)C(=O)O. The van der Waals surface area contributed by atoms with E-state index in [0.29, 0.717) is 11.8 Å². The first-order valence-corrected chi connectivity index (χ1v) is 8.20. The second kappa shape index (κ2) is 7.31. The standard InChI is InChI=1S/C14H26N2O3S/c1-4-10-7-5-6-8-16(10)11(17)9-20-14(2,3)12(15)13(18)19/h10,12H,4-9,15H2,1-3H3,(H,18,19)/t10?,12-/m1/s1. The Morgan fingerprint density at radius 1 is 1.45 bits per heavy atom. The highest BCUT2D eigenvalue weighted by atomic mass is 32.2. The van der Waals surface area contributed by atoms with Crippen molar-refractivity contribution in [2.75, 3.05) is 12.3 Å². The van der Waals surface area contributed by atoms with Gasteiger partial charge in [0.25, 0.3) is 0 Å². The van der Waals surface area contributed by atoms with Crippen LogP contribution in [0.15, 0.2) is 0 Å². The van der Waals surface area contributed by atoms with Crippen molar-refractivity contribution >= 4 is 23.6 Å². The van der Waals surface area contributed by atoms with Gasteiger partial charge in [0.2, 0.25) is 5.91 Å². The molecule has 3 N–H and O–H groups in total. The van der Waals surface area contributed by atoms with Crippen LogP contribution in [0.25, 0.3) is 0 Å². The summed E-state index contributed by atoms with van der Waals surface area (Å²) in [6, 6.07) is -0.628. The highest BCUT2D eigenvalue weighted by Crippen LogP contribution is 2.29. The van der Waals surface area contributed by atoms with Gasteiger partial charge >= 0.3 is 5.97 Å². The minimum Gasteiger partial charge on any atom is -0.480 e. The molecule has 1 fully saturated rings. The van der Waals surface area contributed by atoms with E-state index in [4.69, 9.17) is 10.8 Å². The van der Waals surface area contributed by atoms with Gasteiger partial charge in [0.1, 0.15) is 6.04 Å². The number of carboxylic acids is 1. The fourth-order valence-electron chi connectivity index (χ4n) is 2.47. The van der Waals surface area contributed by atoms with Gasteiger partial charge in [0, 0.05) is 17.3 Å². The lowest BCUT2D eigenvalue weighted by molar-refractivity contribution is -0.139. The van der Waals surface area contributed by atoms with Crippen LogP contribution in [0.3, 0.4) is 0 Å². The first-order chi connectivity index (χ1) is 9.29. The van der Waals surface area contributed by atoms with E-state index in [1.54, 1.807) is 13.8 Å². The Morgan fingerprint density at radius 2 is 2.10 bits per heavy atom. The lowest BCUT2D eigenvalue weighted by Crippen LogP contribution is -2.48. The van der Waals surface area contributed by atoms with Gasteiger partial charge < -0.3 is 15.7 Å². The van der Waals surface area contributed by atoms with Crippen molar-refractivity contribution in [2.45, 2.75) is 63.3 Å². The maximum Gasteiger partial charge on any atom is 0.321 e. The maximum absolute atomic E-state index is 12.3. The predicted octanol–water partition coefficient (Wildman–Crippen LogP) is 1.70. The lowest BCUT2D eigenvalue weighted by atomic mass is 10.0. The molecule has 0 aromatic carbocycles. The third kappa shape index (κ3) is 4.38. The van der Waals surface area contributed by atoms with Gasteiger partial charge in [-0.05, 0) is 39.5 Å². The van der Waals surface area contributed by atoms with Crippen LogP contribution in [0, 0.1) is 0 Å². The number of carbonyl (C=O) groups is 2. The summed E-state index contributed by atoms with van der Waals surface area (Å²) in [5, 5.41) is 8.98. The molecule has 5 nitrogen and oxygen atoms in total. The minimum atomic E-state index is -1.03. The van der Waals surface area contributed by atoms with Crippen molar-refractivity contribution in [3.63, 3.8) is 0 Å². The number of nitrogens with zero attached hydrogens (tertiary/aromatic N) is 1. The Bertz CT molecular complexity index is 360. The van der Waals surface area contributed by atoms with Crippen LogP contribution in [-0.4, -0.2) is 51.0 Å². The molecule has 20 heavy (non-hydrogen) atoms. The molecule has 1 rings (SSSR count). The Kier molecular flexibility index (Phi) is 6.33. The molecule has 1 saturated heterocycles. The van der Waals surface area contributed by atoms with E-state index in [-0.39, 0.29) is 5.91 Å². The summed E-state index contributed by atoms with van der Waals surface area (Å²) in [7, 11) is 0. The third-order valence-corrected chi connectivity index (χ3v) is 5.39. The number of hydrogen-bond donors (Lipinski definition) is 2. The van der Waals surface area contributed by atoms with Gasteiger partial charge in [-0.25, -0.2) is 0 Å². The van der Waals surface area contributed by atoms with Crippen molar-refractivity contribution in [1.29, 1.82) is 0 Å². The molecule has 0 radical (unpaired) electrons. The molecular weight excluding hydrogens is 276 g/mol. The van der Waals surface area contributed by atoms with Crippen LogP contribution in [0.4, 0.5) is 0 Å². The molecule has 1 unspecified atom stereocenters. The van der Waals surface area contributed by atoms with E-state index >= 15 is 0 Å². The van der Waals surface area contributed by atoms with E-state index in [1.807, 2.05) is 4.90 Å². The number of aliphatic carboxylic acids is 1. The second-order valence-corrected chi connectivity index (χ2v) is 7.48. The average Bonchev–Trinajstić information content (AvgIpc) is 2.43. The van der Waals surface area contributed by atoms with Crippen molar-refractivity contribution in [3.05, 3.63) is 0 Å². The quantitative estimate of drug-likeness (QED) is 0.780. The van der Waals surface area contributed by atoms with Crippen molar-refractivity contribution in [3.8, 4) is 0 Å². The van der Waals surface area contributed by atoms with Crippen LogP contribution < -0.4 is 5.73 Å². The summed E-state index contributed by atoms with van der Waals surface area (Å²) in [5.41, 5.74) is 5.67. The summed E-state index contributed by atoms with van der Waals surface area (Å²) in [5.74, 6) is -0.628. The number of likely N-dealkylation sites (tertiary alicyclic amines) is 1. The zero-order valence-corrected chi connectivity index (χ0v) is 13.4. The molecule has 0 aromatic rings. The fourth-order valence-corrected chi connectivity index (χ4v) is 3.41. The van der Waals surface area contributed by atoms with Gasteiger partial charge in [-0.15, -0.1) is 11.8 Å². The molecule has 1 heterocycles. The molecule has 116 valence electrons. The van der Waals surface area contributed by atoms with Crippen LogP contribution in [0.5, 0.6) is 0 Å². The molecule has 1 aliphatic rings. The van der Waals surface area contributed by atoms with Crippen molar-refractivity contribution in [2.24, 2.45) is 5.73 Å². The number of carbonyl (C=O) groups excluding carboxylic acids is 1. The molecule has 1 amide bonds. The normalized spacial score (nSPS) is 21.6. The van der Waals surface area contributed by atoms with Crippen LogP contribution in [0.1, 0.15) is 46.5 Å². The van der Waals surface area contributed by atoms with E-state index in [9.17, 15) is 9.59 Å². The number of thioether (sulfide) groups is 1. The highest BCUT2D eigenvalue weighted by Gasteiger charge is 2.34. The summed E-state index contributed by atoms with van der Waals surface area (Å²) in [6.07, 6.45) is 4.30. The number of hydrogen-bond acceptors (Lipinski definition) is 4. The summed E-state index contributed by atoms with van der Waals surface area (Å²) in [4.78, 5) is 25.2. The monoisotopic (exact) mass is 302 g/mol. The summed E-state index contributed by atoms with van der Waals surface area (Å²) < 4.78 is -0.654. The van der Waals surface area contributed by atoms with Crippen molar-refractivity contribution in [1.82, 2.24) is 4.90 Å². The van der Waals surface area contributed by atoms with Gasteiger partial charge in [-0.3, -0.25) is 9.59 Å². The first kappa shape index (κ1) is 17.3. The maximum atomic E-state index is 12.3. The lowest BCUT2D eigenvalue weighted by Gasteiger charge is -2.36. The Morgan fingerprint density at radius 3 is 2.65 bits per heavy atom. The molecule has 0 saturated carbocycles. The minimum absolute atomic E-state index is 0.104. The summed E-state index contributed by atoms with van der Waals surface area (Å²) >= 11 is 1.33. The number of rotatable bonds is 6. The van der Waals surface area contributed by atoms with Gasteiger partial charge in [-0.1, -0.05) is 6.92 Å².